The van der Waals surface area contributed by atoms with Gasteiger partial charge in [-0.3, -0.25) is 20.4 Å². The van der Waals surface area contributed by atoms with E-state index in [0.29, 0.717) is 35.6 Å². The number of nitrogens with two attached hydrogens (primary N) is 1. The van der Waals surface area contributed by atoms with Gasteiger partial charge in [0.05, 0.1) is 34.2 Å². The van der Waals surface area contributed by atoms with Crippen molar-refractivity contribution < 1.29 is 36.3 Å². The van der Waals surface area contributed by atoms with Crippen molar-refractivity contribution in [1.82, 2.24) is 33.3 Å². The lowest BCUT2D eigenvalue weighted by molar-refractivity contribution is -0.150. The first-order valence-electron chi connectivity index (χ1n) is 20.4. The number of anilines is 2. The van der Waals surface area contributed by atoms with Gasteiger partial charge < -0.3 is 15.3 Å². The minimum absolute atomic E-state index is 0.0584. The standard InChI is InChI=1S/C21H25N5O4S.C13H13N5O2S.C8H12O2/c1-3-14-10-15(27)11-17(14)21(28)25-24-19-12-22-20-18(23-19)8-9-26(20)31(29,30)16-6-4-13(2)5-7-16;1-9-2-4-10(5-3-9)21(19,20)18-7-6-11-13(18)15-8-12(16-11)17-14;1-2-5-3-6-4-7(5)8(9)10-6/h4-9,12,14-15,17,27H,3,10-11H2,1-2H3,(H,23,24)(H,25,28);2-8H,14H2,1H3,(H,16,17);5-7H,2-4H2,1H3/t14-,15+,17+;;/m1../s1. The number of hydrogen-bond acceptors (Lipinski definition) is 15. The fourth-order valence-electron chi connectivity index (χ4n) is 8.19. The van der Waals surface area contributed by atoms with Crippen LogP contribution in [0.3, 0.4) is 0 Å². The van der Waals surface area contributed by atoms with E-state index >= 15 is 0 Å². The van der Waals surface area contributed by atoms with E-state index in [2.05, 4.69) is 43.1 Å². The van der Waals surface area contributed by atoms with Crippen molar-refractivity contribution in [2.24, 2.45) is 29.5 Å². The molecule has 20 heteroatoms. The van der Waals surface area contributed by atoms with Crippen LogP contribution in [0.5, 0.6) is 0 Å². The summed E-state index contributed by atoms with van der Waals surface area (Å²) in [6, 6.07) is 16.4. The van der Waals surface area contributed by atoms with Gasteiger partial charge in [0.2, 0.25) is 5.91 Å². The number of nitrogens with one attached hydrogen (secondary N) is 3. The highest BCUT2D eigenvalue weighted by atomic mass is 32.2. The number of benzene rings is 2. The van der Waals surface area contributed by atoms with Gasteiger partial charge in [0, 0.05) is 18.3 Å². The number of hydrazine groups is 2. The van der Waals surface area contributed by atoms with Gasteiger partial charge in [-0.1, -0.05) is 62.1 Å². The number of ether oxygens (including phenoxy) is 1. The van der Waals surface area contributed by atoms with Crippen LogP contribution < -0.4 is 22.1 Å². The number of aryl methyl sites for hydroxylation is 2. The van der Waals surface area contributed by atoms with E-state index in [1.165, 1.54) is 24.8 Å². The number of nitrogen functional groups attached to an aromatic ring is 1. The quantitative estimate of drug-likeness (QED) is 0.0702. The molecule has 1 aliphatic heterocycles. The molecule has 2 saturated carbocycles. The summed E-state index contributed by atoms with van der Waals surface area (Å²) in [5, 5.41) is 9.84. The van der Waals surface area contributed by atoms with Crippen molar-refractivity contribution in [1.29, 1.82) is 0 Å². The van der Waals surface area contributed by atoms with E-state index in [0.717, 1.165) is 44.8 Å². The number of carbonyl (C=O) groups is 2. The molecule has 1 amide bonds. The Labute approximate surface area is 359 Å². The Bertz CT molecular complexity index is 2800. The molecule has 328 valence electrons. The summed E-state index contributed by atoms with van der Waals surface area (Å²) in [6.07, 6.45) is 10.6. The van der Waals surface area contributed by atoms with Gasteiger partial charge >= 0.3 is 5.97 Å². The van der Waals surface area contributed by atoms with Gasteiger partial charge in [-0.25, -0.2) is 50.6 Å². The van der Waals surface area contributed by atoms with Gasteiger partial charge in [-0.05, 0) is 87.8 Å². The third-order valence-electron chi connectivity index (χ3n) is 11.6. The van der Waals surface area contributed by atoms with E-state index in [9.17, 15) is 31.5 Å². The number of aliphatic hydroxyl groups is 1. The van der Waals surface area contributed by atoms with Gasteiger partial charge in [-0.15, -0.1) is 0 Å². The molecule has 1 saturated heterocycles. The summed E-state index contributed by atoms with van der Waals surface area (Å²) in [5.74, 6) is 6.55. The van der Waals surface area contributed by atoms with Crippen LogP contribution in [0, 0.1) is 37.5 Å². The highest BCUT2D eigenvalue weighted by Gasteiger charge is 2.46. The molecule has 6 N–H and O–H groups in total. The molecule has 62 heavy (non-hydrogen) atoms. The Hall–Kier alpha value is -5.96. The SMILES string of the molecule is CCC1CC2CC1C(=O)O2.CC[C@@H]1C[C@H](O)C[C@@H]1C(=O)NNc1cnc2c(ccn2S(=O)(=O)c2ccc(C)cc2)n1.Cc1ccc(S(=O)(=O)n2ccc3nc(NN)cnc32)cc1. The Morgan fingerprint density at radius 3 is 1.74 bits per heavy atom. The lowest BCUT2D eigenvalue weighted by Gasteiger charge is -2.18. The zero-order valence-corrected chi connectivity index (χ0v) is 36.3. The minimum Gasteiger partial charge on any atom is -0.462 e. The number of fused-ring (bicyclic) bond motifs is 4. The molecule has 2 bridgehead atoms. The van der Waals surface area contributed by atoms with Crippen molar-refractivity contribution in [2.45, 2.75) is 88.2 Å². The zero-order chi connectivity index (χ0) is 44.3. The molecule has 3 unspecified atom stereocenters. The zero-order valence-electron chi connectivity index (χ0n) is 34.7. The van der Waals surface area contributed by atoms with Crippen molar-refractivity contribution in [2.75, 3.05) is 10.9 Å². The number of aliphatic hydroxyl groups excluding tert-OH is 1. The average molecular weight is 887 g/mol. The molecule has 2 aromatic carbocycles. The topological polar surface area (TPSA) is 255 Å². The Morgan fingerprint density at radius 1 is 0.758 bits per heavy atom. The summed E-state index contributed by atoms with van der Waals surface area (Å²) in [4.78, 5) is 40.7. The van der Waals surface area contributed by atoms with Crippen molar-refractivity contribution in [3.8, 4) is 0 Å². The number of esters is 1. The predicted molar refractivity (Wildman–Crippen MR) is 231 cm³/mol. The van der Waals surface area contributed by atoms with E-state index in [-0.39, 0.29) is 62.6 Å². The summed E-state index contributed by atoms with van der Waals surface area (Å²) >= 11 is 0. The first-order chi connectivity index (χ1) is 29.6. The highest BCUT2D eigenvalue weighted by molar-refractivity contribution is 7.90. The van der Waals surface area contributed by atoms with Crippen LogP contribution in [-0.2, 0) is 34.4 Å². The number of hydrogen-bond donors (Lipinski definition) is 5. The van der Waals surface area contributed by atoms with E-state index in [1.54, 1.807) is 60.7 Å². The van der Waals surface area contributed by atoms with Crippen molar-refractivity contribution in [3.63, 3.8) is 0 Å². The predicted octanol–water partition coefficient (Wildman–Crippen LogP) is 4.83. The first-order valence-corrected chi connectivity index (χ1v) is 23.2. The van der Waals surface area contributed by atoms with Gasteiger partial charge in [-0.2, -0.15) is 0 Å². The molecule has 6 aromatic rings. The second-order valence-electron chi connectivity index (χ2n) is 15.8. The van der Waals surface area contributed by atoms with Crippen LogP contribution >= 0.6 is 0 Å². The smallest absolute Gasteiger partial charge is 0.309 e. The Kier molecular flexibility index (Phi) is 12.9. The Balaban J connectivity index is 0.000000159. The molecule has 0 radical (unpaired) electrons. The third kappa shape index (κ3) is 9.13. The fourth-order valence-corrected chi connectivity index (χ4v) is 10.8. The van der Waals surface area contributed by atoms with Crippen LogP contribution in [0.2, 0.25) is 0 Å². The number of rotatable bonds is 10. The fraction of sp³-hybridized carbons (Fsp3) is 0.381. The maximum atomic E-state index is 13.0. The second-order valence-corrected chi connectivity index (χ2v) is 19.4. The number of carbonyl (C=O) groups excluding carboxylic acids is 2. The molecule has 4 aromatic heterocycles. The Morgan fingerprint density at radius 2 is 1.27 bits per heavy atom. The van der Waals surface area contributed by atoms with E-state index < -0.39 is 26.2 Å². The molecule has 6 atom stereocenters. The van der Waals surface area contributed by atoms with Crippen LogP contribution in [0.4, 0.5) is 11.6 Å². The molecule has 18 nitrogen and oxygen atoms in total. The number of amides is 1. The second kappa shape index (κ2) is 18.2. The van der Waals surface area contributed by atoms with Crippen LogP contribution in [-0.4, -0.2) is 73.9 Å². The lowest BCUT2D eigenvalue weighted by atomic mass is 9.93. The summed E-state index contributed by atoms with van der Waals surface area (Å²) < 4.78 is 58.4. The molecule has 0 spiro atoms. The number of nitrogens with zero attached hydrogens (tertiary/aromatic N) is 6. The normalized spacial score (nSPS) is 21.7. The van der Waals surface area contributed by atoms with Crippen LogP contribution in [0.25, 0.3) is 22.3 Å². The lowest BCUT2D eigenvalue weighted by Crippen LogP contribution is -2.36. The summed E-state index contributed by atoms with van der Waals surface area (Å²) in [6.45, 7) is 7.94. The van der Waals surface area contributed by atoms with Gasteiger partial charge in [0.1, 0.15) is 17.1 Å². The maximum absolute atomic E-state index is 13.0. The first kappa shape index (κ1) is 44.1. The van der Waals surface area contributed by atoms with Crippen LogP contribution in [0.15, 0.2) is 95.2 Å². The highest BCUT2D eigenvalue weighted by Crippen LogP contribution is 2.42. The van der Waals surface area contributed by atoms with Gasteiger partial charge in [0.15, 0.2) is 22.9 Å². The van der Waals surface area contributed by atoms with E-state index in [1.807, 2.05) is 20.8 Å². The summed E-state index contributed by atoms with van der Waals surface area (Å²) in [5.41, 5.74) is 11.0. The average Bonchev–Trinajstić information content (AvgIpc) is 4.11. The molecule has 2 aliphatic carbocycles. The van der Waals surface area contributed by atoms with Gasteiger partial charge in [0.25, 0.3) is 20.0 Å². The molecular formula is C42H50N10O8S2. The maximum Gasteiger partial charge on any atom is 0.309 e. The molecular weight excluding hydrogens is 837 g/mol. The van der Waals surface area contributed by atoms with Crippen LogP contribution in [0.1, 0.15) is 63.5 Å². The number of aromatic nitrogens is 6. The monoisotopic (exact) mass is 886 g/mol. The van der Waals surface area contributed by atoms with Crippen molar-refractivity contribution >= 4 is 65.9 Å². The molecule has 5 heterocycles. The third-order valence-corrected chi connectivity index (χ3v) is 15.0. The van der Waals surface area contributed by atoms with Crippen molar-refractivity contribution in [3.05, 3.63) is 96.6 Å². The largest absolute Gasteiger partial charge is 0.462 e. The summed E-state index contributed by atoms with van der Waals surface area (Å²) in [7, 11) is -7.50. The molecule has 3 fully saturated rings. The minimum atomic E-state index is -3.80. The van der Waals surface area contributed by atoms with E-state index in [4.69, 9.17) is 10.6 Å². The molecule has 9 rings (SSSR count). The molecule has 3 aliphatic rings.